The lowest BCUT2D eigenvalue weighted by Gasteiger charge is -2.30. The number of likely N-dealkylation sites (N-methyl/N-ethyl adjacent to an activating group) is 1. The van der Waals surface area contributed by atoms with E-state index >= 15 is 0 Å². The van der Waals surface area contributed by atoms with E-state index in [0.717, 1.165) is 68.1 Å². The average molecular weight is 742 g/mol. The summed E-state index contributed by atoms with van der Waals surface area (Å²) >= 11 is 6.58. The number of phenols is 1. The highest BCUT2D eigenvalue weighted by Gasteiger charge is 2.31. The third-order valence-electron chi connectivity index (χ3n) is 10.5. The lowest BCUT2D eigenvalue weighted by Crippen LogP contribution is -2.36. The van der Waals surface area contributed by atoms with E-state index in [2.05, 4.69) is 34.7 Å². The third kappa shape index (κ3) is 8.07. The van der Waals surface area contributed by atoms with Crippen LogP contribution in [0, 0.1) is 11.3 Å². The molecule has 3 aliphatic rings. The van der Waals surface area contributed by atoms with Gasteiger partial charge in [0.05, 0.1) is 37.0 Å². The summed E-state index contributed by atoms with van der Waals surface area (Å²) in [5.74, 6) is -0.190. The van der Waals surface area contributed by atoms with Gasteiger partial charge in [0.15, 0.2) is 0 Å². The van der Waals surface area contributed by atoms with Crippen LogP contribution in [-0.2, 0) is 37.2 Å². The van der Waals surface area contributed by atoms with Crippen LogP contribution in [0.2, 0.25) is 5.02 Å². The van der Waals surface area contributed by atoms with E-state index in [1.165, 1.54) is 5.56 Å². The second-order valence-corrected chi connectivity index (χ2v) is 14.5. The molecule has 0 aliphatic carbocycles. The summed E-state index contributed by atoms with van der Waals surface area (Å²) in [6, 6.07) is 31.5. The lowest BCUT2D eigenvalue weighted by atomic mass is 9.97. The van der Waals surface area contributed by atoms with Crippen molar-refractivity contribution in [1.29, 1.82) is 5.26 Å². The number of aromatic hydroxyl groups is 1. The molecule has 1 fully saturated rings. The topological polar surface area (TPSA) is 102 Å². The summed E-state index contributed by atoms with van der Waals surface area (Å²) < 4.78 is 7.27. The molecule has 0 atom stereocenters. The summed E-state index contributed by atoms with van der Waals surface area (Å²) in [5, 5.41) is 20.3. The van der Waals surface area contributed by atoms with Gasteiger partial charge in [-0.15, -0.1) is 0 Å². The fraction of sp³-hybridized carbons (Fsp3) is 0.295. The third-order valence-corrected chi connectivity index (χ3v) is 10.7. The van der Waals surface area contributed by atoms with Crippen molar-refractivity contribution in [2.45, 2.75) is 45.3 Å². The largest absolute Gasteiger partial charge is 0.508 e. The molecule has 1 N–H and O–H groups in total. The number of halogens is 1. The van der Waals surface area contributed by atoms with E-state index in [-0.39, 0.29) is 24.1 Å². The van der Waals surface area contributed by atoms with Crippen LogP contribution in [0.5, 0.6) is 5.75 Å². The molecule has 0 radical (unpaired) electrons. The van der Waals surface area contributed by atoms with Gasteiger partial charge in [-0.1, -0.05) is 54.1 Å². The highest BCUT2D eigenvalue weighted by molar-refractivity contribution is 6.31. The number of phenolic OH excluding ortho intramolecular Hbond substituents is 1. The number of morpholine rings is 1. The summed E-state index contributed by atoms with van der Waals surface area (Å²) in [5.41, 5.74) is 7.74. The quantitative estimate of drug-likeness (QED) is 0.191. The Labute approximate surface area is 321 Å². The van der Waals surface area contributed by atoms with Gasteiger partial charge < -0.3 is 29.1 Å². The van der Waals surface area contributed by atoms with Crippen molar-refractivity contribution in [3.05, 3.63) is 141 Å². The Morgan fingerprint density at radius 2 is 1.59 bits per heavy atom. The molecule has 0 unspecified atom stereocenters. The van der Waals surface area contributed by atoms with E-state index in [1.54, 1.807) is 53.4 Å². The minimum absolute atomic E-state index is 0.0655. The van der Waals surface area contributed by atoms with Crippen LogP contribution in [0.1, 0.15) is 61.5 Å². The van der Waals surface area contributed by atoms with Gasteiger partial charge in [0.1, 0.15) is 5.75 Å². The van der Waals surface area contributed by atoms with Crippen molar-refractivity contribution in [2.24, 2.45) is 0 Å². The first-order valence-electron chi connectivity index (χ1n) is 18.5. The summed E-state index contributed by atoms with van der Waals surface area (Å²) in [6.07, 6.45) is 3.40. The van der Waals surface area contributed by atoms with E-state index in [1.807, 2.05) is 41.3 Å². The van der Waals surface area contributed by atoms with E-state index in [4.69, 9.17) is 16.3 Å². The second kappa shape index (κ2) is 16.7. The normalized spacial score (nSPS) is 15.2. The predicted octanol–water partition coefficient (Wildman–Crippen LogP) is 7.72. The molecule has 0 spiro atoms. The monoisotopic (exact) mass is 741 g/mol. The SMILES string of the molecule is CN1CCOCC1.N#Cc1ccccc1CN(C(=O)c1cc(-c2cc(Cl)ccc2C(=O)N2CCc3ccccc3C2)n2c1CCCC2)c1ccc(O)cc1. The summed E-state index contributed by atoms with van der Waals surface area (Å²) in [7, 11) is 2.11. The molecular weight excluding hydrogens is 698 g/mol. The van der Waals surface area contributed by atoms with Crippen molar-refractivity contribution < 1.29 is 19.4 Å². The van der Waals surface area contributed by atoms with Crippen LogP contribution >= 0.6 is 11.6 Å². The van der Waals surface area contributed by atoms with Gasteiger partial charge in [-0.2, -0.15) is 5.26 Å². The Kier molecular flexibility index (Phi) is 11.4. The van der Waals surface area contributed by atoms with Gasteiger partial charge in [0.2, 0.25) is 0 Å². The lowest BCUT2D eigenvalue weighted by molar-refractivity contribution is 0.0503. The minimum atomic E-state index is -0.220. The molecule has 4 aromatic carbocycles. The Hall–Kier alpha value is -5.40. The number of ether oxygens (including phenoxy) is 1. The number of aromatic nitrogens is 1. The molecule has 54 heavy (non-hydrogen) atoms. The first-order valence-corrected chi connectivity index (χ1v) is 18.9. The average Bonchev–Trinajstić information content (AvgIpc) is 3.60. The van der Waals surface area contributed by atoms with Crippen molar-refractivity contribution in [3.8, 4) is 23.1 Å². The zero-order valence-corrected chi connectivity index (χ0v) is 31.3. The fourth-order valence-corrected chi connectivity index (χ4v) is 7.66. The van der Waals surface area contributed by atoms with Crippen LogP contribution in [0.15, 0.2) is 97.1 Å². The van der Waals surface area contributed by atoms with Gasteiger partial charge >= 0.3 is 0 Å². The van der Waals surface area contributed by atoms with Gasteiger partial charge in [0, 0.05) is 65.9 Å². The molecule has 3 aliphatic heterocycles. The molecule has 0 bridgehead atoms. The van der Waals surface area contributed by atoms with Crippen molar-refractivity contribution in [3.63, 3.8) is 0 Å². The Balaban J connectivity index is 0.000000579. The van der Waals surface area contributed by atoms with Crippen LogP contribution in [-0.4, -0.2) is 71.2 Å². The zero-order chi connectivity index (χ0) is 37.6. The molecule has 5 aromatic rings. The smallest absolute Gasteiger partial charge is 0.260 e. The maximum atomic E-state index is 14.7. The first-order chi connectivity index (χ1) is 26.3. The van der Waals surface area contributed by atoms with Crippen LogP contribution < -0.4 is 4.90 Å². The summed E-state index contributed by atoms with van der Waals surface area (Å²) in [6.45, 7) is 6.07. The maximum Gasteiger partial charge on any atom is 0.260 e. The fourth-order valence-electron chi connectivity index (χ4n) is 7.49. The molecule has 9 nitrogen and oxygen atoms in total. The summed E-state index contributed by atoms with van der Waals surface area (Å²) in [4.78, 5) is 34.6. The Morgan fingerprint density at radius 3 is 2.33 bits per heavy atom. The first kappa shape index (κ1) is 36.9. The van der Waals surface area contributed by atoms with E-state index < -0.39 is 0 Å². The molecular formula is C44H44ClN5O4. The highest BCUT2D eigenvalue weighted by Crippen LogP contribution is 2.37. The number of carbonyl (C=O) groups excluding carboxylic acids is 2. The Bertz CT molecular complexity index is 2180. The predicted molar refractivity (Wildman–Crippen MR) is 211 cm³/mol. The number of fused-ring (bicyclic) bond motifs is 2. The molecule has 1 aromatic heterocycles. The molecule has 1 saturated heterocycles. The minimum Gasteiger partial charge on any atom is -0.508 e. The number of amides is 2. The van der Waals surface area contributed by atoms with Gasteiger partial charge in [-0.25, -0.2) is 0 Å². The van der Waals surface area contributed by atoms with E-state index in [0.29, 0.717) is 59.0 Å². The molecule has 0 saturated carbocycles. The number of anilines is 1. The zero-order valence-electron chi connectivity index (χ0n) is 30.5. The number of rotatable bonds is 6. The standard InChI is InChI=1S/C39H33ClN4O3.C5H11NO/c40-30-12-17-33(38(46)42-20-18-26-7-1-3-9-28(26)24-42)34(21-30)37-22-35(36-11-5-6-19-43(36)37)39(47)44(31-13-15-32(45)16-14-31)25-29-10-4-2-8-27(29)23-41;1-6-2-4-7-5-3-6/h1-4,7-10,12-17,21-22,45H,5-6,11,18-20,24-25H2;2-5H2,1H3. The molecule has 4 heterocycles. The second-order valence-electron chi connectivity index (χ2n) is 14.0. The Morgan fingerprint density at radius 1 is 0.852 bits per heavy atom. The molecule has 276 valence electrons. The highest BCUT2D eigenvalue weighted by atomic mass is 35.5. The van der Waals surface area contributed by atoms with Gasteiger partial charge in [0.25, 0.3) is 11.8 Å². The van der Waals surface area contributed by atoms with E-state index in [9.17, 15) is 20.0 Å². The van der Waals surface area contributed by atoms with Crippen molar-refractivity contribution >= 4 is 29.1 Å². The van der Waals surface area contributed by atoms with Crippen LogP contribution in [0.3, 0.4) is 0 Å². The number of hydrogen-bond donors (Lipinski definition) is 1. The maximum absolute atomic E-state index is 14.7. The molecule has 10 heteroatoms. The molecule has 8 rings (SSSR count). The van der Waals surface area contributed by atoms with Gasteiger partial charge in [-0.05, 0) is 104 Å². The van der Waals surface area contributed by atoms with Gasteiger partial charge in [-0.3, -0.25) is 9.59 Å². The number of carbonyl (C=O) groups is 2. The van der Waals surface area contributed by atoms with Crippen molar-refractivity contribution in [2.75, 3.05) is 44.8 Å². The molecule has 2 amide bonds. The number of nitrogens with zero attached hydrogens (tertiary/aromatic N) is 5. The van der Waals surface area contributed by atoms with Crippen LogP contribution in [0.4, 0.5) is 5.69 Å². The number of hydrogen-bond acceptors (Lipinski definition) is 6. The van der Waals surface area contributed by atoms with Crippen molar-refractivity contribution in [1.82, 2.24) is 14.4 Å². The number of nitriles is 1. The number of benzene rings is 4. The van der Waals surface area contributed by atoms with Crippen LogP contribution in [0.25, 0.3) is 11.3 Å².